The van der Waals surface area contributed by atoms with Crippen LogP contribution < -0.4 is 25.3 Å². The molecule has 2 heterocycles. The lowest BCUT2D eigenvalue weighted by atomic mass is 10.2. The number of amides is 1. The molecule has 170 valence electrons. The van der Waals surface area contributed by atoms with Gasteiger partial charge in [-0.3, -0.25) is 4.90 Å². The van der Waals surface area contributed by atoms with E-state index in [2.05, 4.69) is 4.90 Å². The lowest BCUT2D eigenvalue weighted by Crippen LogP contribution is -2.47. The van der Waals surface area contributed by atoms with Crippen LogP contribution in [0.4, 0.5) is 26.2 Å². The van der Waals surface area contributed by atoms with E-state index >= 15 is 4.39 Å². The lowest BCUT2D eigenvalue weighted by molar-refractivity contribution is 0.127. The second-order valence-electron chi connectivity index (χ2n) is 7.70. The lowest BCUT2D eigenvalue weighted by Gasteiger charge is -2.38. The molecule has 2 aliphatic rings. The number of carbonyl (C=O) groups excluding carboxylic acids is 1. The second-order valence-corrected chi connectivity index (χ2v) is 7.91. The van der Waals surface area contributed by atoms with E-state index in [-0.39, 0.29) is 18.9 Å². The van der Waals surface area contributed by atoms with Crippen LogP contribution in [0.3, 0.4) is 0 Å². The summed E-state index contributed by atoms with van der Waals surface area (Å²) in [4.78, 5) is 17.9. The molecule has 2 aromatic carbocycles. The number of nitrogens with zero attached hydrogens (tertiary/aromatic N) is 4. The zero-order valence-corrected chi connectivity index (χ0v) is 18.6. The SMILES string of the molecule is COc1ccccc1N1CCN(c2ccc(N3C[C@H](CN(N)C=S)OC3=O)cc2F)CC1. The molecule has 0 bridgehead atoms. The summed E-state index contributed by atoms with van der Waals surface area (Å²) in [6.07, 6.45) is -0.956. The Morgan fingerprint density at radius 2 is 1.88 bits per heavy atom. The van der Waals surface area contributed by atoms with Gasteiger partial charge in [-0.2, -0.15) is 0 Å². The van der Waals surface area contributed by atoms with E-state index in [0.29, 0.717) is 24.5 Å². The third-order valence-corrected chi connectivity index (χ3v) is 5.98. The van der Waals surface area contributed by atoms with Crippen molar-refractivity contribution in [3.05, 3.63) is 48.3 Å². The first kappa shape index (κ1) is 22.1. The van der Waals surface area contributed by atoms with Gasteiger partial charge in [-0.15, -0.1) is 0 Å². The fraction of sp³-hybridized carbons (Fsp3) is 0.364. The van der Waals surface area contributed by atoms with E-state index in [1.165, 1.54) is 21.5 Å². The van der Waals surface area contributed by atoms with Crippen molar-refractivity contribution in [3.8, 4) is 5.75 Å². The van der Waals surface area contributed by atoms with Gasteiger partial charge in [0.2, 0.25) is 0 Å². The molecule has 2 fully saturated rings. The Balaban J connectivity index is 1.41. The summed E-state index contributed by atoms with van der Waals surface area (Å²) in [5.74, 6) is 6.12. The molecule has 0 spiro atoms. The number of cyclic esters (lactones) is 1. The van der Waals surface area contributed by atoms with E-state index in [1.807, 2.05) is 29.2 Å². The van der Waals surface area contributed by atoms with E-state index in [4.69, 9.17) is 27.5 Å². The topological polar surface area (TPSA) is 74.5 Å². The quantitative estimate of drug-likeness (QED) is 0.385. The van der Waals surface area contributed by atoms with Crippen LogP contribution in [0.2, 0.25) is 0 Å². The summed E-state index contributed by atoms with van der Waals surface area (Å²) in [6, 6.07) is 12.7. The van der Waals surface area contributed by atoms with Crippen molar-refractivity contribution < 1.29 is 18.7 Å². The number of para-hydroxylation sites is 2. The van der Waals surface area contributed by atoms with Crippen molar-refractivity contribution in [2.24, 2.45) is 5.84 Å². The first-order valence-corrected chi connectivity index (χ1v) is 10.8. The summed E-state index contributed by atoms with van der Waals surface area (Å²) < 4.78 is 25.8. The number of hydrazine groups is 1. The van der Waals surface area contributed by atoms with Gasteiger partial charge in [0.25, 0.3) is 0 Å². The molecule has 0 radical (unpaired) electrons. The first-order valence-electron chi connectivity index (χ1n) is 10.4. The molecule has 2 aromatic rings. The van der Waals surface area contributed by atoms with Crippen molar-refractivity contribution in [1.82, 2.24) is 5.01 Å². The van der Waals surface area contributed by atoms with E-state index in [1.54, 1.807) is 19.2 Å². The maximum Gasteiger partial charge on any atom is 0.414 e. The third-order valence-electron chi connectivity index (χ3n) is 5.71. The number of piperazine rings is 1. The Morgan fingerprint density at radius 3 is 2.53 bits per heavy atom. The number of benzene rings is 2. The van der Waals surface area contributed by atoms with Crippen molar-refractivity contribution in [2.45, 2.75) is 6.10 Å². The Labute approximate surface area is 191 Å². The zero-order chi connectivity index (χ0) is 22.7. The molecule has 32 heavy (non-hydrogen) atoms. The Hall–Kier alpha value is -3.11. The highest BCUT2D eigenvalue weighted by atomic mass is 32.1. The predicted octanol–water partition coefficient (Wildman–Crippen LogP) is 2.62. The maximum absolute atomic E-state index is 15.0. The Morgan fingerprint density at radius 1 is 1.19 bits per heavy atom. The van der Waals surface area contributed by atoms with Gasteiger partial charge in [0.1, 0.15) is 17.7 Å². The highest BCUT2D eigenvalue weighted by Gasteiger charge is 2.33. The molecule has 2 N–H and O–H groups in total. The molecule has 8 nitrogen and oxygen atoms in total. The Kier molecular flexibility index (Phi) is 6.61. The summed E-state index contributed by atoms with van der Waals surface area (Å²) >= 11 is 4.76. The standard InChI is InChI=1S/C22H26FN5O3S/c1-30-21-5-3-2-4-20(21)26-10-8-25(9-11-26)19-7-6-16(12-18(19)23)28-14-17(31-22(28)29)13-27(24)15-32/h2-7,12,15,17H,8-11,13-14,24H2,1H3/t17-/m0/s1. The van der Waals surface area contributed by atoms with E-state index in [0.717, 1.165) is 24.5 Å². The van der Waals surface area contributed by atoms with Gasteiger partial charge in [0, 0.05) is 26.2 Å². The first-order chi connectivity index (χ1) is 15.5. The van der Waals surface area contributed by atoms with Crippen molar-refractivity contribution >= 4 is 40.9 Å². The number of carbonyl (C=O) groups is 1. The minimum atomic E-state index is -0.523. The summed E-state index contributed by atoms with van der Waals surface area (Å²) in [7, 11) is 1.66. The normalized spacial score (nSPS) is 18.5. The maximum atomic E-state index is 15.0. The van der Waals surface area contributed by atoms with Crippen LogP contribution in [0.25, 0.3) is 0 Å². The Bertz CT molecular complexity index is 986. The van der Waals surface area contributed by atoms with Crippen molar-refractivity contribution in [1.29, 1.82) is 0 Å². The summed E-state index contributed by atoms with van der Waals surface area (Å²) in [5.41, 5.74) is 3.31. The monoisotopic (exact) mass is 459 g/mol. The molecule has 2 saturated heterocycles. The number of nitrogens with two attached hydrogens (primary N) is 1. The number of methoxy groups -OCH3 is 1. The van der Waals surface area contributed by atoms with Crippen LogP contribution in [-0.4, -0.2) is 69.1 Å². The number of hydrogen-bond donors (Lipinski definition) is 1. The average molecular weight is 460 g/mol. The molecule has 4 rings (SSSR count). The molecule has 0 saturated carbocycles. The minimum Gasteiger partial charge on any atom is -0.495 e. The number of rotatable bonds is 7. The smallest absolute Gasteiger partial charge is 0.414 e. The van der Waals surface area contributed by atoms with Crippen LogP contribution in [0.1, 0.15) is 0 Å². The van der Waals surface area contributed by atoms with E-state index in [9.17, 15) is 4.79 Å². The number of ether oxygens (including phenoxy) is 2. The summed E-state index contributed by atoms with van der Waals surface area (Å²) in [5, 5.41) is 1.28. The number of thiocarbonyl (C=S) groups is 1. The van der Waals surface area contributed by atoms with Gasteiger partial charge < -0.3 is 24.3 Å². The highest BCUT2D eigenvalue weighted by Crippen LogP contribution is 2.31. The third kappa shape index (κ3) is 4.56. The molecule has 0 unspecified atom stereocenters. The van der Waals surface area contributed by atoms with Crippen LogP contribution in [0.15, 0.2) is 42.5 Å². The van der Waals surface area contributed by atoms with E-state index < -0.39 is 12.2 Å². The predicted molar refractivity (Wildman–Crippen MR) is 126 cm³/mol. The molecule has 1 amide bonds. The second kappa shape index (κ2) is 9.58. The molecule has 0 aliphatic carbocycles. The molecule has 0 aromatic heterocycles. The zero-order valence-electron chi connectivity index (χ0n) is 17.8. The number of hydrogen-bond acceptors (Lipinski definition) is 7. The van der Waals surface area contributed by atoms with Gasteiger partial charge in [-0.1, -0.05) is 24.4 Å². The van der Waals surface area contributed by atoms with Gasteiger partial charge >= 0.3 is 6.09 Å². The van der Waals surface area contributed by atoms with Gasteiger partial charge in [-0.25, -0.2) is 15.0 Å². The number of anilines is 3. The molecule has 2 aliphatic heterocycles. The van der Waals surface area contributed by atoms with Crippen LogP contribution in [0.5, 0.6) is 5.75 Å². The van der Waals surface area contributed by atoms with Gasteiger partial charge in [0.05, 0.1) is 42.8 Å². The largest absolute Gasteiger partial charge is 0.495 e. The molecule has 1 atom stereocenters. The summed E-state index contributed by atoms with van der Waals surface area (Å²) in [6.45, 7) is 3.40. The van der Waals surface area contributed by atoms with Crippen molar-refractivity contribution in [3.63, 3.8) is 0 Å². The molecule has 10 heteroatoms. The van der Waals surface area contributed by atoms with Crippen molar-refractivity contribution in [2.75, 3.05) is 61.1 Å². The average Bonchev–Trinajstić information content (AvgIpc) is 3.18. The number of halogens is 1. The van der Waals surface area contributed by atoms with Crippen LogP contribution >= 0.6 is 12.2 Å². The minimum absolute atomic E-state index is 0.281. The fourth-order valence-electron chi connectivity index (χ4n) is 4.11. The highest BCUT2D eigenvalue weighted by molar-refractivity contribution is 7.78. The fourth-order valence-corrected chi connectivity index (χ4v) is 4.19. The van der Waals surface area contributed by atoms with Gasteiger partial charge in [-0.05, 0) is 30.3 Å². The molecular weight excluding hydrogens is 433 g/mol. The van der Waals surface area contributed by atoms with Crippen LogP contribution in [0, 0.1) is 5.82 Å². The van der Waals surface area contributed by atoms with Gasteiger partial charge in [0.15, 0.2) is 0 Å². The van der Waals surface area contributed by atoms with Crippen LogP contribution in [-0.2, 0) is 4.74 Å². The molecular formula is C22H26FN5O3S.